The molecule has 12 heavy (non-hydrogen) atoms. The highest BCUT2D eigenvalue weighted by atomic mass is 16.1. The largest absolute Gasteiger partial charge is 0.319 e. The Labute approximate surface area is 73.5 Å². The minimum atomic E-state index is -0.414. The third-order valence-electron chi connectivity index (χ3n) is 3.22. The number of carbonyl (C=O) groups excluding carboxylic acids is 1. The Morgan fingerprint density at radius 3 is 2.42 bits per heavy atom. The second kappa shape index (κ2) is 2.84. The van der Waals surface area contributed by atoms with Crippen molar-refractivity contribution in [2.24, 2.45) is 11.7 Å². The van der Waals surface area contributed by atoms with Crippen LogP contribution in [0.5, 0.6) is 0 Å². The molecule has 2 N–H and O–H groups in total. The van der Waals surface area contributed by atoms with Gasteiger partial charge in [0, 0.05) is 6.42 Å². The summed E-state index contributed by atoms with van der Waals surface area (Å²) in [5.74, 6) is 1.03. The summed E-state index contributed by atoms with van der Waals surface area (Å²) in [6.07, 6.45) is 7.41. The standard InChI is InChI=1S/C10H17NO/c11-10(5-1-2-6-10)9(12)7-8-3-4-8/h8H,1-7,11H2. The van der Waals surface area contributed by atoms with Crippen molar-refractivity contribution in [3.63, 3.8) is 0 Å². The molecule has 0 bridgehead atoms. The molecule has 2 saturated carbocycles. The molecule has 0 spiro atoms. The molecule has 0 unspecified atom stereocenters. The number of carbonyl (C=O) groups is 1. The van der Waals surface area contributed by atoms with Gasteiger partial charge >= 0.3 is 0 Å². The lowest BCUT2D eigenvalue weighted by Crippen LogP contribution is -2.45. The smallest absolute Gasteiger partial charge is 0.152 e. The van der Waals surface area contributed by atoms with Gasteiger partial charge in [0.25, 0.3) is 0 Å². The van der Waals surface area contributed by atoms with E-state index in [1.807, 2.05) is 0 Å². The van der Waals surface area contributed by atoms with E-state index < -0.39 is 5.54 Å². The van der Waals surface area contributed by atoms with Crippen LogP contribution >= 0.6 is 0 Å². The van der Waals surface area contributed by atoms with Crippen LogP contribution in [0, 0.1) is 5.92 Å². The lowest BCUT2D eigenvalue weighted by molar-refractivity contribution is -0.124. The van der Waals surface area contributed by atoms with E-state index in [1.54, 1.807) is 0 Å². The van der Waals surface area contributed by atoms with E-state index in [0.29, 0.717) is 11.7 Å². The maximum atomic E-state index is 11.7. The number of rotatable bonds is 3. The van der Waals surface area contributed by atoms with E-state index >= 15 is 0 Å². The molecule has 2 aliphatic carbocycles. The van der Waals surface area contributed by atoms with Crippen LogP contribution in [-0.4, -0.2) is 11.3 Å². The Bertz CT molecular complexity index is 190. The van der Waals surface area contributed by atoms with Crippen LogP contribution in [0.1, 0.15) is 44.9 Å². The second-order valence-corrected chi connectivity index (χ2v) is 4.43. The molecule has 68 valence electrons. The maximum absolute atomic E-state index is 11.7. The maximum Gasteiger partial charge on any atom is 0.152 e. The van der Waals surface area contributed by atoms with E-state index in [0.717, 1.165) is 32.1 Å². The van der Waals surface area contributed by atoms with Crippen molar-refractivity contribution in [1.82, 2.24) is 0 Å². The Hall–Kier alpha value is -0.370. The average molecular weight is 167 g/mol. The van der Waals surface area contributed by atoms with Crippen molar-refractivity contribution in [1.29, 1.82) is 0 Å². The van der Waals surface area contributed by atoms with Gasteiger partial charge in [-0.2, -0.15) is 0 Å². The Morgan fingerprint density at radius 2 is 1.92 bits per heavy atom. The zero-order chi connectivity index (χ0) is 8.60. The molecule has 2 aliphatic rings. The van der Waals surface area contributed by atoms with Crippen molar-refractivity contribution < 1.29 is 4.79 Å². The fourth-order valence-electron chi connectivity index (χ4n) is 2.07. The molecule has 2 rings (SSSR count). The highest BCUT2D eigenvalue weighted by Gasteiger charge is 2.39. The molecule has 0 saturated heterocycles. The monoisotopic (exact) mass is 167 g/mol. The lowest BCUT2D eigenvalue weighted by Gasteiger charge is -2.21. The number of hydrogen-bond donors (Lipinski definition) is 1. The quantitative estimate of drug-likeness (QED) is 0.694. The summed E-state index contributed by atoms with van der Waals surface area (Å²) in [4.78, 5) is 11.7. The first-order valence-corrected chi connectivity index (χ1v) is 5.03. The molecule has 0 amide bonds. The molecule has 0 atom stereocenters. The molecule has 0 aliphatic heterocycles. The SMILES string of the molecule is NC1(C(=O)CC2CC2)CCCC1. The van der Waals surface area contributed by atoms with Crippen molar-refractivity contribution in [2.45, 2.75) is 50.5 Å². The van der Waals surface area contributed by atoms with Crippen LogP contribution in [0.15, 0.2) is 0 Å². The molecule has 0 aromatic heterocycles. The van der Waals surface area contributed by atoms with Gasteiger partial charge in [0.2, 0.25) is 0 Å². The third kappa shape index (κ3) is 1.53. The summed E-state index contributed by atoms with van der Waals surface area (Å²) in [5, 5.41) is 0. The molecular formula is C10H17NO. The van der Waals surface area contributed by atoms with E-state index in [2.05, 4.69) is 0 Å². The van der Waals surface area contributed by atoms with Gasteiger partial charge in [-0.15, -0.1) is 0 Å². The molecule has 0 aromatic carbocycles. The van der Waals surface area contributed by atoms with Crippen LogP contribution in [-0.2, 0) is 4.79 Å². The van der Waals surface area contributed by atoms with Crippen LogP contribution in [0.25, 0.3) is 0 Å². The Morgan fingerprint density at radius 1 is 1.33 bits per heavy atom. The van der Waals surface area contributed by atoms with E-state index in [1.165, 1.54) is 12.8 Å². The number of nitrogens with two attached hydrogens (primary N) is 1. The summed E-state index contributed by atoms with van der Waals surface area (Å²) >= 11 is 0. The normalized spacial score (nSPS) is 27.4. The van der Waals surface area contributed by atoms with Crippen molar-refractivity contribution in [3.8, 4) is 0 Å². The average Bonchev–Trinajstić information content (AvgIpc) is 2.73. The fourth-order valence-corrected chi connectivity index (χ4v) is 2.07. The van der Waals surface area contributed by atoms with E-state index in [4.69, 9.17) is 5.73 Å². The first kappa shape index (κ1) is 8.24. The molecule has 0 aromatic rings. The zero-order valence-corrected chi connectivity index (χ0v) is 7.51. The number of Topliss-reactive ketones (excluding diaryl/α,β-unsaturated/α-hetero) is 1. The lowest BCUT2D eigenvalue weighted by atomic mass is 9.90. The third-order valence-corrected chi connectivity index (χ3v) is 3.22. The first-order valence-electron chi connectivity index (χ1n) is 5.03. The van der Waals surface area contributed by atoms with Crippen LogP contribution < -0.4 is 5.73 Å². The molecule has 0 heterocycles. The van der Waals surface area contributed by atoms with Gasteiger partial charge in [-0.3, -0.25) is 4.79 Å². The van der Waals surface area contributed by atoms with Crippen molar-refractivity contribution in [3.05, 3.63) is 0 Å². The fraction of sp³-hybridized carbons (Fsp3) is 0.900. The van der Waals surface area contributed by atoms with Crippen molar-refractivity contribution in [2.75, 3.05) is 0 Å². The highest BCUT2D eigenvalue weighted by molar-refractivity contribution is 5.88. The molecule has 2 nitrogen and oxygen atoms in total. The summed E-state index contributed by atoms with van der Waals surface area (Å²) in [6.45, 7) is 0. The van der Waals surface area contributed by atoms with Crippen molar-refractivity contribution >= 4 is 5.78 Å². The van der Waals surface area contributed by atoms with Gasteiger partial charge in [0.1, 0.15) is 0 Å². The zero-order valence-electron chi connectivity index (χ0n) is 7.51. The minimum Gasteiger partial charge on any atom is -0.319 e. The second-order valence-electron chi connectivity index (χ2n) is 4.43. The van der Waals surface area contributed by atoms with Gasteiger partial charge in [0.15, 0.2) is 5.78 Å². The molecule has 2 fully saturated rings. The predicted octanol–water partition coefficient (Wildman–Crippen LogP) is 1.63. The van der Waals surface area contributed by atoms with Crippen LogP contribution in [0.3, 0.4) is 0 Å². The molecule has 2 heteroatoms. The van der Waals surface area contributed by atoms with Gasteiger partial charge in [-0.05, 0) is 31.6 Å². The summed E-state index contributed by atoms with van der Waals surface area (Å²) in [5.41, 5.74) is 5.62. The van der Waals surface area contributed by atoms with E-state index in [9.17, 15) is 4.79 Å². The summed E-state index contributed by atoms with van der Waals surface area (Å²) < 4.78 is 0. The minimum absolute atomic E-state index is 0.336. The molecular weight excluding hydrogens is 150 g/mol. The van der Waals surface area contributed by atoms with E-state index in [-0.39, 0.29) is 0 Å². The van der Waals surface area contributed by atoms with Gasteiger partial charge in [-0.25, -0.2) is 0 Å². The van der Waals surface area contributed by atoms with Crippen LogP contribution in [0.2, 0.25) is 0 Å². The highest BCUT2D eigenvalue weighted by Crippen LogP contribution is 2.37. The van der Waals surface area contributed by atoms with Gasteiger partial charge < -0.3 is 5.73 Å². The summed E-state index contributed by atoms with van der Waals surface area (Å²) in [7, 11) is 0. The number of hydrogen-bond acceptors (Lipinski definition) is 2. The Balaban J connectivity index is 1.91. The Kier molecular flexibility index (Phi) is 1.95. The van der Waals surface area contributed by atoms with Gasteiger partial charge in [-0.1, -0.05) is 12.8 Å². The topological polar surface area (TPSA) is 43.1 Å². The van der Waals surface area contributed by atoms with Gasteiger partial charge in [0.05, 0.1) is 5.54 Å². The molecule has 0 radical (unpaired) electrons. The summed E-state index contributed by atoms with van der Waals surface area (Å²) in [6, 6.07) is 0. The predicted molar refractivity (Wildman–Crippen MR) is 47.7 cm³/mol. The first-order chi connectivity index (χ1) is 5.71. The van der Waals surface area contributed by atoms with Crippen LogP contribution in [0.4, 0.5) is 0 Å². The number of ketones is 1.